The number of rotatable bonds is 5. The van der Waals surface area contributed by atoms with Crippen molar-refractivity contribution in [3.63, 3.8) is 0 Å². The molecular formula is C46H37BrN2. The molecule has 238 valence electrons. The van der Waals surface area contributed by atoms with Gasteiger partial charge in [-0.2, -0.15) is 0 Å². The van der Waals surface area contributed by atoms with Gasteiger partial charge in [0.2, 0.25) is 0 Å². The Morgan fingerprint density at radius 2 is 0.918 bits per heavy atom. The average molecular weight is 698 g/mol. The fourth-order valence-electron chi connectivity index (χ4n) is 10.3. The largest absolute Gasteiger partial charge is 0.228 e. The molecule has 0 radical (unpaired) electrons. The van der Waals surface area contributed by atoms with Crippen LogP contribution in [0.5, 0.6) is 0 Å². The van der Waals surface area contributed by atoms with Crippen LogP contribution in [0.15, 0.2) is 144 Å². The summed E-state index contributed by atoms with van der Waals surface area (Å²) in [5, 5.41) is 4.90. The van der Waals surface area contributed by atoms with Crippen molar-refractivity contribution in [1.82, 2.24) is 9.97 Å². The maximum Gasteiger partial charge on any atom is 0.160 e. The maximum absolute atomic E-state index is 5.23. The molecule has 2 atom stereocenters. The Bertz CT molecular complexity index is 2260. The van der Waals surface area contributed by atoms with Crippen molar-refractivity contribution in [2.45, 2.75) is 49.4 Å². The summed E-state index contributed by atoms with van der Waals surface area (Å²) in [7, 11) is 0. The van der Waals surface area contributed by atoms with Crippen LogP contribution in [0.3, 0.4) is 0 Å². The van der Waals surface area contributed by atoms with Crippen LogP contribution >= 0.6 is 15.9 Å². The molecule has 11 rings (SSSR count). The lowest BCUT2D eigenvalue weighted by atomic mass is 9.42. The fraction of sp³-hybridized carbons (Fsp3) is 0.217. The Morgan fingerprint density at radius 1 is 0.469 bits per heavy atom. The Morgan fingerprint density at radius 3 is 1.43 bits per heavy atom. The standard InChI is InChI=1S/C46H37BrN2/c47-41-19-17-40(18-20-41)46-27-30-21-31(28-46)26-45(25-30,29-46)39-15-13-34(14-16-39)44-48-42(37-11-9-32-5-1-3-7-35(32)22-37)24-43(49-44)38-12-10-33-6-2-4-8-36(33)23-38/h1-20,22-24,30-31H,21,25-29H2. The zero-order chi connectivity index (χ0) is 32.6. The number of fused-ring (bicyclic) bond motifs is 2. The normalized spacial score (nSPS) is 24.1. The fourth-order valence-corrected chi connectivity index (χ4v) is 10.5. The topological polar surface area (TPSA) is 25.8 Å². The first-order chi connectivity index (χ1) is 24.0. The molecule has 0 saturated heterocycles. The van der Waals surface area contributed by atoms with Gasteiger partial charge in [0.1, 0.15) is 0 Å². The molecule has 4 fully saturated rings. The summed E-state index contributed by atoms with van der Waals surface area (Å²) in [5.41, 5.74) is 8.77. The van der Waals surface area contributed by atoms with Gasteiger partial charge in [-0.25, -0.2) is 9.97 Å². The summed E-state index contributed by atoms with van der Waals surface area (Å²) < 4.78 is 1.17. The van der Waals surface area contributed by atoms with E-state index in [1.807, 2.05) is 0 Å². The molecule has 4 aliphatic carbocycles. The second-order valence-electron chi connectivity index (χ2n) is 15.2. The highest BCUT2D eigenvalue weighted by atomic mass is 79.9. The maximum atomic E-state index is 5.23. The van der Waals surface area contributed by atoms with Crippen LogP contribution in [0.1, 0.15) is 49.7 Å². The lowest BCUT2D eigenvalue weighted by Gasteiger charge is -2.63. The third kappa shape index (κ3) is 5.05. The molecule has 7 aromatic rings. The lowest BCUT2D eigenvalue weighted by Crippen LogP contribution is -2.55. The zero-order valence-electron chi connectivity index (χ0n) is 27.4. The molecular weight excluding hydrogens is 660 g/mol. The van der Waals surface area contributed by atoms with E-state index in [1.165, 1.54) is 70.1 Å². The van der Waals surface area contributed by atoms with Crippen molar-refractivity contribution in [2.24, 2.45) is 11.8 Å². The Labute approximate surface area is 296 Å². The molecule has 0 N–H and O–H groups in total. The summed E-state index contributed by atoms with van der Waals surface area (Å²) in [6.07, 6.45) is 8.00. The van der Waals surface area contributed by atoms with E-state index in [4.69, 9.17) is 9.97 Å². The highest BCUT2D eigenvalue weighted by molar-refractivity contribution is 9.10. The Balaban J connectivity index is 1.05. The minimum atomic E-state index is 0.250. The first-order valence-electron chi connectivity index (χ1n) is 17.8. The van der Waals surface area contributed by atoms with Crippen molar-refractivity contribution < 1.29 is 0 Å². The molecule has 4 saturated carbocycles. The van der Waals surface area contributed by atoms with Gasteiger partial charge in [-0.15, -0.1) is 0 Å². The van der Waals surface area contributed by atoms with Crippen LogP contribution in [-0.2, 0) is 10.8 Å². The highest BCUT2D eigenvalue weighted by Gasteiger charge is 2.58. The average Bonchev–Trinajstić information content (AvgIpc) is 3.14. The van der Waals surface area contributed by atoms with Gasteiger partial charge < -0.3 is 0 Å². The van der Waals surface area contributed by atoms with Crippen molar-refractivity contribution in [2.75, 3.05) is 0 Å². The molecule has 1 aromatic heterocycles. The first kappa shape index (κ1) is 29.3. The van der Waals surface area contributed by atoms with Gasteiger partial charge in [0, 0.05) is 21.2 Å². The van der Waals surface area contributed by atoms with Crippen LogP contribution in [0, 0.1) is 11.8 Å². The van der Waals surface area contributed by atoms with Gasteiger partial charge in [-0.05, 0) is 124 Å². The van der Waals surface area contributed by atoms with E-state index in [0.717, 1.165) is 45.7 Å². The molecule has 0 spiro atoms. The van der Waals surface area contributed by atoms with Gasteiger partial charge >= 0.3 is 0 Å². The number of benzene rings is 6. The molecule has 4 bridgehead atoms. The third-order valence-electron chi connectivity index (χ3n) is 12.1. The van der Waals surface area contributed by atoms with E-state index in [0.29, 0.717) is 5.41 Å². The van der Waals surface area contributed by atoms with E-state index < -0.39 is 0 Å². The minimum Gasteiger partial charge on any atom is -0.228 e. The lowest BCUT2D eigenvalue weighted by molar-refractivity contribution is -0.0281. The van der Waals surface area contributed by atoms with Crippen molar-refractivity contribution in [3.8, 4) is 33.9 Å². The molecule has 1 heterocycles. The molecule has 6 aromatic carbocycles. The predicted octanol–water partition coefficient (Wildman–Crippen LogP) is 12.3. The Kier molecular flexibility index (Phi) is 6.71. The van der Waals surface area contributed by atoms with Crippen LogP contribution in [0.25, 0.3) is 55.4 Å². The number of halogens is 1. The number of aromatic nitrogens is 2. The van der Waals surface area contributed by atoms with Crippen LogP contribution in [0.2, 0.25) is 0 Å². The summed E-state index contributed by atoms with van der Waals surface area (Å²) in [4.78, 5) is 10.5. The summed E-state index contributed by atoms with van der Waals surface area (Å²) in [5.74, 6) is 2.41. The molecule has 2 nitrogen and oxygen atoms in total. The van der Waals surface area contributed by atoms with Gasteiger partial charge in [-0.3, -0.25) is 0 Å². The molecule has 0 amide bonds. The third-order valence-corrected chi connectivity index (χ3v) is 12.6. The second-order valence-corrected chi connectivity index (χ2v) is 16.1. The van der Waals surface area contributed by atoms with Crippen molar-refractivity contribution in [1.29, 1.82) is 0 Å². The predicted molar refractivity (Wildman–Crippen MR) is 206 cm³/mol. The number of hydrogen-bond donors (Lipinski definition) is 0. The number of hydrogen-bond acceptors (Lipinski definition) is 2. The van der Waals surface area contributed by atoms with Crippen LogP contribution < -0.4 is 0 Å². The molecule has 3 heteroatoms. The number of nitrogens with zero attached hydrogens (tertiary/aromatic N) is 2. The zero-order valence-corrected chi connectivity index (χ0v) is 29.0. The molecule has 49 heavy (non-hydrogen) atoms. The summed E-state index contributed by atoms with van der Waals surface area (Å²) in [6.45, 7) is 0. The Hall–Kier alpha value is -4.60. The summed E-state index contributed by atoms with van der Waals surface area (Å²) in [6, 6.07) is 51.2. The van der Waals surface area contributed by atoms with Gasteiger partial charge in [-0.1, -0.05) is 125 Å². The van der Waals surface area contributed by atoms with Gasteiger partial charge in [0.25, 0.3) is 0 Å². The second kappa shape index (κ2) is 11.2. The first-order valence-corrected chi connectivity index (χ1v) is 18.5. The van der Waals surface area contributed by atoms with Gasteiger partial charge in [0.15, 0.2) is 5.82 Å². The molecule has 4 aliphatic rings. The van der Waals surface area contributed by atoms with E-state index in [-0.39, 0.29) is 5.41 Å². The molecule has 2 unspecified atom stereocenters. The van der Waals surface area contributed by atoms with Gasteiger partial charge in [0.05, 0.1) is 11.4 Å². The SMILES string of the molecule is Brc1ccc(C23CC4CC(C2)CC(c2ccc(-c5nc(-c6ccc7ccccc7c6)cc(-c6ccc7ccccc7c6)n5)cc2)(C4)C3)cc1. The van der Waals surface area contributed by atoms with E-state index in [9.17, 15) is 0 Å². The van der Waals surface area contributed by atoms with Crippen molar-refractivity contribution >= 4 is 37.5 Å². The van der Waals surface area contributed by atoms with Crippen molar-refractivity contribution in [3.05, 3.63) is 155 Å². The van der Waals surface area contributed by atoms with E-state index in [1.54, 1.807) is 5.56 Å². The van der Waals surface area contributed by atoms with Crippen LogP contribution in [-0.4, -0.2) is 9.97 Å². The quantitative estimate of drug-likeness (QED) is 0.179. The van der Waals surface area contributed by atoms with Crippen LogP contribution in [0.4, 0.5) is 0 Å². The van der Waals surface area contributed by atoms with E-state index in [2.05, 4.69) is 155 Å². The minimum absolute atomic E-state index is 0.250. The smallest absolute Gasteiger partial charge is 0.160 e. The highest BCUT2D eigenvalue weighted by Crippen LogP contribution is 2.66. The monoisotopic (exact) mass is 696 g/mol. The summed E-state index contributed by atoms with van der Waals surface area (Å²) >= 11 is 3.67. The van der Waals surface area contributed by atoms with E-state index >= 15 is 0 Å². The molecule has 0 aliphatic heterocycles.